The number of carbonyl (C=O) groups excluding carboxylic acids is 1. The van der Waals surface area contributed by atoms with Crippen molar-refractivity contribution in [2.75, 3.05) is 10.6 Å². The van der Waals surface area contributed by atoms with Gasteiger partial charge in [-0.15, -0.1) is 0 Å². The summed E-state index contributed by atoms with van der Waals surface area (Å²) in [5, 5.41) is 7.37. The van der Waals surface area contributed by atoms with Crippen molar-refractivity contribution >= 4 is 40.9 Å². The summed E-state index contributed by atoms with van der Waals surface area (Å²) in [6.07, 6.45) is 5.76. The summed E-state index contributed by atoms with van der Waals surface area (Å²) in [5.74, 6) is 1.02. The minimum absolute atomic E-state index is 0.225. The van der Waals surface area contributed by atoms with Gasteiger partial charge in [0.05, 0.1) is 11.3 Å². The van der Waals surface area contributed by atoms with Crippen LogP contribution in [0.4, 0.5) is 11.6 Å². The molecule has 1 amide bonds. The summed E-state index contributed by atoms with van der Waals surface area (Å²) in [6.45, 7) is 0. The zero-order valence-corrected chi connectivity index (χ0v) is 16.5. The fraction of sp³-hybridized carbons (Fsp3) is 0.200. The summed E-state index contributed by atoms with van der Waals surface area (Å²) < 4.78 is 0. The van der Waals surface area contributed by atoms with E-state index in [1.807, 2.05) is 6.07 Å². The van der Waals surface area contributed by atoms with Gasteiger partial charge in [-0.25, -0.2) is 15.0 Å². The number of nitrogens with one attached hydrogen (secondary N) is 2. The van der Waals surface area contributed by atoms with Gasteiger partial charge in [0, 0.05) is 34.9 Å². The molecule has 142 valence electrons. The van der Waals surface area contributed by atoms with Crippen LogP contribution in [0.3, 0.4) is 0 Å². The van der Waals surface area contributed by atoms with E-state index in [2.05, 4.69) is 25.6 Å². The predicted octanol–water partition coefficient (Wildman–Crippen LogP) is 4.64. The van der Waals surface area contributed by atoms with Gasteiger partial charge >= 0.3 is 0 Å². The quantitative estimate of drug-likeness (QED) is 0.551. The van der Waals surface area contributed by atoms with Crippen LogP contribution in [0.25, 0.3) is 0 Å². The molecule has 0 spiro atoms. The van der Waals surface area contributed by atoms with E-state index in [0.717, 1.165) is 5.69 Å². The third kappa shape index (κ3) is 4.99. The lowest BCUT2D eigenvalue weighted by atomic mass is 10.2. The lowest BCUT2D eigenvalue weighted by Gasteiger charge is -2.10. The van der Waals surface area contributed by atoms with Gasteiger partial charge in [-0.2, -0.15) is 0 Å². The lowest BCUT2D eigenvalue weighted by molar-refractivity contribution is 0.102. The summed E-state index contributed by atoms with van der Waals surface area (Å²) >= 11 is 7.46. The van der Waals surface area contributed by atoms with Crippen LogP contribution in [0.15, 0.2) is 59.9 Å². The molecule has 0 atom stereocenters. The Morgan fingerprint density at radius 2 is 2.04 bits per heavy atom. The van der Waals surface area contributed by atoms with Gasteiger partial charge < -0.3 is 10.6 Å². The number of rotatable bonds is 7. The molecular weight excluding hydrogens is 394 g/mol. The number of benzene rings is 1. The maximum atomic E-state index is 12.7. The Morgan fingerprint density at radius 3 is 2.86 bits per heavy atom. The number of thioether (sulfide) groups is 1. The average Bonchev–Trinajstić information content (AvgIpc) is 3.51. The Kier molecular flexibility index (Phi) is 5.73. The topological polar surface area (TPSA) is 79.8 Å². The van der Waals surface area contributed by atoms with Crippen LogP contribution in [0.5, 0.6) is 0 Å². The van der Waals surface area contributed by atoms with Crippen LogP contribution in [0.1, 0.15) is 28.9 Å². The highest BCUT2D eigenvalue weighted by molar-refractivity contribution is 7.98. The zero-order chi connectivity index (χ0) is 19.3. The molecule has 1 aromatic carbocycles. The molecule has 0 radical (unpaired) electrons. The zero-order valence-electron chi connectivity index (χ0n) is 14.9. The van der Waals surface area contributed by atoms with E-state index < -0.39 is 0 Å². The van der Waals surface area contributed by atoms with Crippen LogP contribution >= 0.6 is 23.4 Å². The monoisotopic (exact) mass is 411 g/mol. The Hall–Kier alpha value is -2.64. The molecule has 2 N–H and O–H groups in total. The molecule has 0 unspecified atom stereocenters. The molecule has 3 aromatic rings. The molecule has 2 heterocycles. The Bertz CT molecular complexity index is 996. The number of carbonyl (C=O) groups is 1. The first kappa shape index (κ1) is 18.7. The molecule has 6 nitrogen and oxygen atoms in total. The Balaban J connectivity index is 1.44. The largest absolute Gasteiger partial charge is 0.351 e. The standard InChI is InChI=1S/C20H18ClN5OS/c21-13-3-1-4-15(11-13)24-18(27)17-5-2-9-22-19(17)28-12-16-8-10-23-20(26-16)25-14-6-7-14/h1-5,8-11,14H,6-7,12H2,(H,24,27)(H,23,25,26). The molecule has 0 bridgehead atoms. The van der Waals surface area contributed by atoms with Crippen molar-refractivity contribution in [3.8, 4) is 0 Å². The van der Waals surface area contributed by atoms with Crippen molar-refractivity contribution in [2.24, 2.45) is 0 Å². The lowest BCUT2D eigenvalue weighted by Crippen LogP contribution is -2.13. The Morgan fingerprint density at radius 1 is 1.14 bits per heavy atom. The molecule has 1 aliphatic carbocycles. The second-order valence-electron chi connectivity index (χ2n) is 6.40. The van der Waals surface area contributed by atoms with Gasteiger partial charge in [0.2, 0.25) is 5.95 Å². The summed E-state index contributed by atoms with van der Waals surface area (Å²) in [5.41, 5.74) is 2.04. The van der Waals surface area contributed by atoms with Crippen LogP contribution in [-0.4, -0.2) is 26.9 Å². The number of pyridine rings is 1. The van der Waals surface area contributed by atoms with E-state index in [1.54, 1.807) is 48.8 Å². The molecule has 2 aromatic heterocycles. The van der Waals surface area contributed by atoms with Crippen molar-refractivity contribution in [1.29, 1.82) is 0 Å². The average molecular weight is 412 g/mol. The molecule has 1 aliphatic rings. The number of anilines is 2. The summed E-state index contributed by atoms with van der Waals surface area (Å²) in [6, 6.07) is 12.9. The van der Waals surface area contributed by atoms with E-state index >= 15 is 0 Å². The predicted molar refractivity (Wildman–Crippen MR) is 112 cm³/mol. The van der Waals surface area contributed by atoms with Crippen LogP contribution in [0, 0.1) is 0 Å². The van der Waals surface area contributed by atoms with Crippen LogP contribution in [-0.2, 0) is 5.75 Å². The number of halogens is 1. The van der Waals surface area contributed by atoms with Gasteiger partial charge in [0.15, 0.2) is 0 Å². The van der Waals surface area contributed by atoms with E-state index in [4.69, 9.17) is 11.6 Å². The smallest absolute Gasteiger partial charge is 0.258 e. The minimum atomic E-state index is -0.225. The maximum Gasteiger partial charge on any atom is 0.258 e. The molecule has 1 saturated carbocycles. The minimum Gasteiger partial charge on any atom is -0.351 e. The van der Waals surface area contributed by atoms with Crippen molar-refractivity contribution < 1.29 is 4.79 Å². The first-order chi connectivity index (χ1) is 13.7. The first-order valence-corrected chi connectivity index (χ1v) is 10.3. The fourth-order valence-corrected chi connectivity index (χ4v) is 3.63. The van der Waals surface area contributed by atoms with E-state index in [-0.39, 0.29) is 5.91 Å². The number of amides is 1. The molecular formula is C20H18ClN5OS. The highest BCUT2D eigenvalue weighted by atomic mass is 35.5. The van der Waals surface area contributed by atoms with E-state index in [9.17, 15) is 4.79 Å². The molecule has 4 rings (SSSR count). The van der Waals surface area contributed by atoms with Crippen molar-refractivity contribution in [3.63, 3.8) is 0 Å². The second kappa shape index (κ2) is 8.58. The maximum absolute atomic E-state index is 12.7. The molecule has 8 heteroatoms. The number of aromatic nitrogens is 3. The summed E-state index contributed by atoms with van der Waals surface area (Å²) in [7, 11) is 0. The highest BCUT2D eigenvalue weighted by Gasteiger charge is 2.22. The number of hydrogen-bond acceptors (Lipinski definition) is 6. The third-order valence-electron chi connectivity index (χ3n) is 4.08. The molecule has 1 fully saturated rings. The number of hydrogen-bond donors (Lipinski definition) is 2. The molecule has 0 aliphatic heterocycles. The van der Waals surface area contributed by atoms with Gasteiger partial charge in [-0.05, 0) is 49.2 Å². The second-order valence-corrected chi connectivity index (χ2v) is 7.80. The Labute approximate surface area is 172 Å². The van der Waals surface area contributed by atoms with E-state index in [1.165, 1.54) is 24.6 Å². The SMILES string of the molecule is O=C(Nc1cccc(Cl)c1)c1cccnc1SCc1ccnc(NC2CC2)n1. The fourth-order valence-electron chi connectivity index (χ4n) is 2.54. The van der Waals surface area contributed by atoms with Crippen molar-refractivity contribution in [2.45, 2.75) is 29.7 Å². The van der Waals surface area contributed by atoms with Gasteiger partial charge in [0.25, 0.3) is 5.91 Å². The summed E-state index contributed by atoms with van der Waals surface area (Å²) in [4.78, 5) is 25.9. The van der Waals surface area contributed by atoms with Crippen LogP contribution < -0.4 is 10.6 Å². The third-order valence-corrected chi connectivity index (χ3v) is 5.35. The van der Waals surface area contributed by atoms with Gasteiger partial charge in [-0.1, -0.05) is 29.4 Å². The van der Waals surface area contributed by atoms with Crippen LogP contribution in [0.2, 0.25) is 5.02 Å². The highest BCUT2D eigenvalue weighted by Crippen LogP contribution is 2.26. The van der Waals surface area contributed by atoms with E-state index in [0.29, 0.717) is 39.0 Å². The first-order valence-electron chi connectivity index (χ1n) is 8.90. The van der Waals surface area contributed by atoms with Gasteiger partial charge in [-0.3, -0.25) is 4.79 Å². The molecule has 28 heavy (non-hydrogen) atoms. The number of nitrogens with zero attached hydrogens (tertiary/aromatic N) is 3. The van der Waals surface area contributed by atoms with Gasteiger partial charge in [0.1, 0.15) is 5.03 Å². The van der Waals surface area contributed by atoms with Crippen molar-refractivity contribution in [3.05, 3.63) is 71.1 Å². The normalized spacial score (nSPS) is 13.2. The van der Waals surface area contributed by atoms with Crippen molar-refractivity contribution in [1.82, 2.24) is 15.0 Å². The molecule has 0 saturated heterocycles.